The molecule has 0 spiro atoms. The second-order valence-corrected chi connectivity index (χ2v) is 35.6. The molecule has 38 heteroatoms. The number of carbonyl (C=O) groups is 3. The second kappa shape index (κ2) is 42.4. The minimum Gasteiger partial charge on any atom is -0.496 e. The average Bonchev–Trinajstić information content (AvgIpc) is 1.63. The molecule has 3 fully saturated rings. The van der Waals surface area contributed by atoms with Gasteiger partial charge in [0.1, 0.15) is 75.2 Å². The van der Waals surface area contributed by atoms with Crippen molar-refractivity contribution in [2.24, 2.45) is 14.1 Å². The Labute approximate surface area is 831 Å². The molecule has 10 N–H and O–H groups in total. The molecule has 19 aromatic rings. The molecule has 740 valence electrons. The molecule has 3 aliphatic rings. The van der Waals surface area contributed by atoms with Gasteiger partial charge in [0, 0.05) is 140 Å². The quantitative estimate of drug-likeness (QED) is 0.0218. The zero-order chi connectivity index (χ0) is 101. The number of hydrogen-bond acceptors (Lipinski definition) is 29. The van der Waals surface area contributed by atoms with Crippen LogP contribution in [-0.2, 0) is 20.5 Å². The van der Waals surface area contributed by atoms with Gasteiger partial charge < -0.3 is 98.7 Å². The van der Waals surface area contributed by atoms with E-state index in [-0.39, 0.29) is 42.1 Å². The molecule has 3 aliphatic carbocycles. The normalized spacial score (nSPS) is 13.4. The smallest absolute Gasteiger partial charge is 0.251 e. The number of ether oxygens (including phenoxy) is 8. The highest BCUT2D eigenvalue weighted by molar-refractivity contribution is 6.04. The lowest BCUT2D eigenvalue weighted by Gasteiger charge is -2.16. The van der Waals surface area contributed by atoms with Gasteiger partial charge in [-0.25, -0.2) is 9.97 Å². The first kappa shape index (κ1) is 96.2. The molecule has 0 aliphatic heterocycles. The molecule has 7 aromatic carbocycles. The molecule has 1 atom stereocenters. The van der Waals surface area contributed by atoms with Gasteiger partial charge in [0.05, 0.1) is 108 Å². The van der Waals surface area contributed by atoms with Gasteiger partial charge in [-0.2, -0.15) is 50.3 Å². The van der Waals surface area contributed by atoms with Gasteiger partial charge in [-0.3, -0.25) is 23.7 Å². The summed E-state index contributed by atoms with van der Waals surface area (Å²) in [5, 5.41) is 44.8. The van der Waals surface area contributed by atoms with Crippen LogP contribution in [0.4, 0.5) is 34.9 Å². The summed E-state index contributed by atoms with van der Waals surface area (Å²) in [5.41, 5.74) is 19.3. The summed E-state index contributed by atoms with van der Waals surface area (Å²) in [7, 11) is 14.8. The number of hydrogen-bond donors (Lipinski definition) is 10. The SMILES string of the molecule is CC[C@H](C)Oc1nc(Nc2ccc(C(=O)NC)cc2OC)nc2[nH]cc(-c3cnn(C)c3)c12.CNC(=O)c1ccc(Nc2nc(OC3CCCC3)c3c(-c4ccc5c(C)noc5c4)c[nH]c3n2)c(OC)c1.CNC(=O)c1ccc(Nc2nc(OC3CCCC3)c3c(-c4ccc5cnn(C)c5c4)c[nH]c3n2)c(OC)c1.COc1cc(C#N)ccc1Cc1nc(OC2CCCC2)c2c(-c3ccc4nc(C)oc4c3)c[nH]c2n1. The minimum absolute atomic E-state index is 0.0334. The number of rotatable bonds is 28. The van der Waals surface area contributed by atoms with Gasteiger partial charge in [0.25, 0.3) is 17.7 Å². The number of aryl methyl sites for hydroxylation is 4. The highest BCUT2D eigenvalue weighted by Crippen LogP contribution is 2.45. The molecular weight excluding hydrogens is 1840 g/mol. The van der Waals surface area contributed by atoms with Crippen molar-refractivity contribution in [2.75, 3.05) is 65.5 Å². The number of carbonyl (C=O) groups excluding carboxylic acids is 3. The first-order valence-electron chi connectivity index (χ1n) is 48.1. The molecule has 3 saturated carbocycles. The van der Waals surface area contributed by atoms with E-state index in [1.54, 1.807) is 127 Å². The van der Waals surface area contributed by atoms with E-state index in [1.807, 2.05) is 119 Å². The minimum atomic E-state index is -0.198. The Morgan fingerprint density at radius 3 is 1.40 bits per heavy atom. The first-order chi connectivity index (χ1) is 70.6. The number of anilines is 6. The number of aromatic amines is 4. The maximum atomic E-state index is 12.1. The summed E-state index contributed by atoms with van der Waals surface area (Å²) in [4.78, 5) is 91.8. The van der Waals surface area contributed by atoms with Gasteiger partial charge in [-0.1, -0.05) is 42.4 Å². The lowest BCUT2D eigenvalue weighted by Crippen LogP contribution is -2.17. The largest absolute Gasteiger partial charge is 0.496 e. The second-order valence-electron chi connectivity index (χ2n) is 35.6. The third-order valence-electron chi connectivity index (χ3n) is 26.1. The van der Waals surface area contributed by atoms with Gasteiger partial charge in [0.15, 0.2) is 17.1 Å². The monoisotopic (exact) mass is 1950 g/mol. The van der Waals surface area contributed by atoms with E-state index in [4.69, 9.17) is 76.7 Å². The average molecular weight is 1950 g/mol. The molecule has 0 radical (unpaired) electrons. The van der Waals surface area contributed by atoms with Gasteiger partial charge >= 0.3 is 0 Å². The van der Waals surface area contributed by atoms with E-state index in [1.165, 1.54) is 0 Å². The molecule has 3 amide bonds. The summed E-state index contributed by atoms with van der Waals surface area (Å²) in [5.74, 6) is 5.96. The molecule has 0 unspecified atom stereocenters. The van der Waals surface area contributed by atoms with Crippen molar-refractivity contribution in [3.05, 3.63) is 216 Å². The maximum Gasteiger partial charge on any atom is 0.251 e. The summed E-state index contributed by atoms with van der Waals surface area (Å²) in [6.07, 6.45) is 27.8. The fraction of sp³-hybridized carbons (Fsp3) is 0.290. The zero-order valence-corrected chi connectivity index (χ0v) is 82.4. The summed E-state index contributed by atoms with van der Waals surface area (Å²) < 4.78 is 62.6. The van der Waals surface area contributed by atoms with Crippen LogP contribution in [-0.4, -0.2) is 181 Å². The van der Waals surface area contributed by atoms with Crippen LogP contribution < -0.4 is 69.8 Å². The molecule has 38 nitrogen and oxygen atoms in total. The van der Waals surface area contributed by atoms with E-state index >= 15 is 0 Å². The standard InChI is InChI=1S/C28H29N7O3.C28H28N6O4.C28H25N5O3.C23H27N7O3/c1-29-26(36)17-10-11-21(23(13-17)37-3)32-28-33-25-24(27(34-28)38-19-6-4-5-7-19)20(15-30-25)16-8-9-18-14-31-35(2)22(18)12-16;1-15-19-10-8-16(12-22(19)38-34-15)20-14-30-25-24(20)27(37-18-6-4-5-7-18)33-28(32-25)31-21-11-9-17(26(35)29-2)13-23(21)36-3;1-16-31-22-10-9-18(12-24(22)35-16)21-15-30-27-26(21)28(36-20-5-3-4-6-20)33-25(32-27)13-19-8-7-17(14-29)11-23(19)34-2;1-6-13(2)33-22-19-16(15-10-26-30(4)12-15)11-25-20(19)28-23(29-22)27-17-8-7-14(21(31)24-3)9-18(17)32-5/h8-15,19H,4-7H2,1-3H3,(H,29,36)(H2,30,32,33,34);8-14,18H,4-7H2,1-3H3,(H,29,35)(H2,30,31,32,33);7-12,15,20H,3-6,13H2,1-2H3,(H,30,32,33);7-13H,6H2,1-5H3,(H,24,31)(H2,25,27,28,29)/t;;;13-/m...0/s1. The van der Waals surface area contributed by atoms with Crippen LogP contribution in [0.25, 0.3) is 122 Å². The molecule has 12 aromatic heterocycles. The van der Waals surface area contributed by atoms with Crippen LogP contribution in [0.2, 0.25) is 0 Å². The summed E-state index contributed by atoms with van der Waals surface area (Å²) in [6.45, 7) is 7.82. The van der Waals surface area contributed by atoms with Crippen molar-refractivity contribution in [3.8, 4) is 97.1 Å². The summed E-state index contributed by atoms with van der Waals surface area (Å²) >= 11 is 0. The van der Waals surface area contributed by atoms with E-state index in [0.29, 0.717) is 144 Å². The number of nitrogens with zero attached hydrogens (tertiary/aromatic N) is 15. The van der Waals surface area contributed by atoms with E-state index in [2.05, 4.69) is 113 Å². The Balaban J connectivity index is 0.000000122. The molecular formula is C107H109N25O13. The van der Waals surface area contributed by atoms with Crippen LogP contribution in [0.1, 0.15) is 157 Å². The topological polar surface area (TPSA) is 475 Å². The zero-order valence-electron chi connectivity index (χ0n) is 82.4. The number of fused-ring (bicyclic) bond motifs is 7. The van der Waals surface area contributed by atoms with Crippen LogP contribution >= 0.6 is 0 Å². The van der Waals surface area contributed by atoms with Crippen LogP contribution in [0.3, 0.4) is 0 Å². The van der Waals surface area contributed by atoms with Crippen molar-refractivity contribution in [1.29, 1.82) is 5.26 Å². The van der Waals surface area contributed by atoms with Crippen molar-refractivity contribution >= 4 is 130 Å². The number of nitrogens with one attached hydrogen (secondary N) is 10. The molecule has 145 heavy (non-hydrogen) atoms. The van der Waals surface area contributed by atoms with E-state index in [9.17, 15) is 19.6 Å². The number of benzene rings is 7. The van der Waals surface area contributed by atoms with Crippen LogP contribution in [0.5, 0.6) is 46.5 Å². The number of oxazole rings is 1. The predicted octanol–water partition coefficient (Wildman–Crippen LogP) is 20.0. The summed E-state index contributed by atoms with van der Waals surface area (Å²) in [6, 6.07) is 41.3. The lowest BCUT2D eigenvalue weighted by molar-refractivity contribution is 0.0955. The third-order valence-corrected chi connectivity index (χ3v) is 26.1. The fourth-order valence-corrected chi connectivity index (χ4v) is 18.4. The highest BCUT2D eigenvalue weighted by atomic mass is 16.5. The van der Waals surface area contributed by atoms with Gasteiger partial charge in [-0.05, 0) is 211 Å². The number of H-pyrrole nitrogens is 4. The molecule has 0 bridgehead atoms. The number of aromatic nitrogens is 18. The fourth-order valence-electron chi connectivity index (χ4n) is 18.4. The predicted molar refractivity (Wildman–Crippen MR) is 551 cm³/mol. The van der Waals surface area contributed by atoms with Crippen LogP contribution in [0, 0.1) is 25.2 Å². The molecule has 12 heterocycles. The highest BCUT2D eigenvalue weighted by Gasteiger charge is 2.30. The van der Waals surface area contributed by atoms with E-state index in [0.717, 1.165) is 194 Å². The maximum absolute atomic E-state index is 12.1. The first-order valence-corrected chi connectivity index (χ1v) is 48.1. The Hall–Kier alpha value is -17.7. The third kappa shape index (κ3) is 20.7. The van der Waals surface area contributed by atoms with Crippen molar-refractivity contribution in [1.82, 2.24) is 105 Å². The lowest BCUT2D eigenvalue weighted by atomic mass is 10.0. The number of nitriles is 1. The van der Waals surface area contributed by atoms with Crippen molar-refractivity contribution in [3.63, 3.8) is 0 Å². The number of methoxy groups -OCH3 is 4. The van der Waals surface area contributed by atoms with Crippen molar-refractivity contribution < 1.29 is 61.2 Å². The number of amides is 3. The molecule has 22 rings (SSSR count). The van der Waals surface area contributed by atoms with E-state index < -0.39 is 0 Å². The van der Waals surface area contributed by atoms with Crippen molar-refractivity contribution in [2.45, 2.75) is 142 Å². The Bertz CT molecular complexity index is 8080. The molecule has 0 saturated heterocycles. The Kier molecular flexibility index (Phi) is 28.1. The van der Waals surface area contributed by atoms with Gasteiger partial charge in [0.2, 0.25) is 41.4 Å². The Morgan fingerprint density at radius 1 is 0.483 bits per heavy atom. The Morgan fingerprint density at radius 2 is 0.931 bits per heavy atom. The van der Waals surface area contributed by atoms with Crippen LogP contribution in [0.15, 0.2) is 180 Å². The van der Waals surface area contributed by atoms with Gasteiger partial charge in [-0.15, -0.1) is 0 Å².